The number of rotatable bonds is 5. The molecule has 27 heavy (non-hydrogen) atoms. The lowest BCUT2D eigenvalue weighted by Gasteiger charge is -2.32. The third-order valence-corrected chi connectivity index (χ3v) is 4.80. The van der Waals surface area contributed by atoms with E-state index in [-0.39, 0.29) is 11.9 Å². The molecule has 0 radical (unpaired) electrons. The highest BCUT2D eigenvalue weighted by Crippen LogP contribution is 2.27. The van der Waals surface area contributed by atoms with Crippen LogP contribution in [-0.2, 0) is 5.60 Å². The van der Waals surface area contributed by atoms with Crippen molar-refractivity contribution in [2.45, 2.75) is 52.2 Å². The van der Waals surface area contributed by atoms with Crippen LogP contribution in [0.5, 0.6) is 5.75 Å². The molecule has 1 unspecified atom stereocenters. The van der Waals surface area contributed by atoms with Gasteiger partial charge in [0.15, 0.2) is 0 Å². The van der Waals surface area contributed by atoms with Gasteiger partial charge in [-0.1, -0.05) is 12.1 Å². The van der Waals surface area contributed by atoms with Gasteiger partial charge in [0.1, 0.15) is 17.0 Å². The van der Waals surface area contributed by atoms with Crippen LogP contribution < -0.4 is 4.74 Å². The first kappa shape index (κ1) is 19.4. The number of ether oxygens (including phenoxy) is 1. The first-order chi connectivity index (χ1) is 12.8. The molecule has 0 saturated carbocycles. The monoisotopic (exact) mass is 372 g/mol. The fourth-order valence-corrected chi connectivity index (χ4v) is 3.55. The summed E-state index contributed by atoms with van der Waals surface area (Å²) in [6.07, 6.45) is 1.78. The zero-order valence-electron chi connectivity index (χ0n) is 16.5. The molecule has 0 aliphatic carbocycles. The number of carbonyl (C=O) groups excluding carboxylic acids is 1. The number of benzene rings is 1. The molecule has 1 aliphatic rings. The summed E-state index contributed by atoms with van der Waals surface area (Å²) in [4.78, 5) is 16.6. The molecule has 2 heterocycles. The Labute approximate surface area is 159 Å². The van der Waals surface area contributed by atoms with Crippen LogP contribution in [-0.4, -0.2) is 50.6 Å². The molecule has 1 N–H and O–H groups in total. The summed E-state index contributed by atoms with van der Waals surface area (Å²) in [5.41, 5.74) is 0.838. The molecular formula is C20H28N4O3. The Morgan fingerprint density at radius 1 is 1.33 bits per heavy atom. The van der Waals surface area contributed by atoms with E-state index >= 15 is 0 Å². The Hall–Kier alpha value is -2.41. The first-order valence-corrected chi connectivity index (χ1v) is 9.48. The van der Waals surface area contributed by atoms with Crippen molar-refractivity contribution in [1.82, 2.24) is 19.9 Å². The van der Waals surface area contributed by atoms with Gasteiger partial charge in [-0.3, -0.25) is 4.79 Å². The zero-order chi connectivity index (χ0) is 19.6. The Morgan fingerprint density at radius 3 is 2.74 bits per heavy atom. The minimum atomic E-state index is -1.04. The van der Waals surface area contributed by atoms with Crippen molar-refractivity contribution < 1.29 is 14.6 Å². The summed E-state index contributed by atoms with van der Waals surface area (Å²) in [5, 5.41) is 19.3. The van der Waals surface area contributed by atoms with Crippen LogP contribution in [0.1, 0.15) is 61.4 Å². The van der Waals surface area contributed by atoms with Gasteiger partial charge in [0.05, 0.1) is 23.9 Å². The highest BCUT2D eigenvalue weighted by molar-refractivity contribution is 5.97. The number of piperidine rings is 1. The molecule has 146 valence electrons. The molecule has 2 aromatic rings. The standard InChI is InChI=1S/C20H28N4O3/c1-5-27-17-11-7-6-10-16(17)19(25)23-12-8-9-15(13-23)24-21-14(2)18(22-24)20(3,4)26/h6-7,10-11,15,26H,5,8-9,12-13H2,1-4H3. The zero-order valence-corrected chi connectivity index (χ0v) is 16.5. The van der Waals surface area contributed by atoms with Crippen LogP contribution in [0.15, 0.2) is 24.3 Å². The summed E-state index contributed by atoms with van der Waals surface area (Å²) < 4.78 is 5.61. The van der Waals surface area contributed by atoms with E-state index in [1.165, 1.54) is 0 Å². The van der Waals surface area contributed by atoms with Crippen molar-refractivity contribution in [2.75, 3.05) is 19.7 Å². The van der Waals surface area contributed by atoms with Gasteiger partial charge in [0, 0.05) is 13.1 Å². The average molecular weight is 372 g/mol. The van der Waals surface area contributed by atoms with Crippen LogP contribution in [0.4, 0.5) is 0 Å². The summed E-state index contributed by atoms with van der Waals surface area (Å²) in [6, 6.07) is 7.35. The van der Waals surface area contributed by atoms with Gasteiger partial charge in [-0.2, -0.15) is 15.0 Å². The molecule has 1 saturated heterocycles. The van der Waals surface area contributed by atoms with Gasteiger partial charge >= 0.3 is 0 Å². The number of nitrogens with zero attached hydrogens (tertiary/aromatic N) is 4. The van der Waals surface area contributed by atoms with E-state index in [4.69, 9.17) is 4.74 Å². The molecule has 1 fully saturated rings. The number of aryl methyl sites for hydroxylation is 1. The molecular weight excluding hydrogens is 344 g/mol. The van der Waals surface area contributed by atoms with Gasteiger partial charge in [0.2, 0.25) is 0 Å². The minimum absolute atomic E-state index is 0.00300. The minimum Gasteiger partial charge on any atom is -0.493 e. The summed E-state index contributed by atoms with van der Waals surface area (Å²) in [5.74, 6) is 0.583. The van der Waals surface area contributed by atoms with Gasteiger partial charge in [-0.25, -0.2) is 0 Å². The van der Waals surface area contributed by atoms with Crippen LogP contribution in [0, 0.1) is 6.92 Å². The van der Waals surface area contributed by atoms with Gasteiger partial charge < -0.3 is 14.7 Å². The quantitative estimate of drug-likeness (QED) is 0.873. The second-order valence-corrected chi connectivity index (χ2v) is 7.49. The number of carbonyl (C=O) groups is 1. The Kier molecular flexibility index (Phi) is 5.51. The molecule has 1 aromatic carbocycles. The third-order valence-electron chi connectivity index (χ3n) is 4.80. The maximum atomic E-state index is 13.1. The molecule has 0 spiro atoms. The molecule has 1 atom stereocenters. The van der Waals surface area contributed by atoms with E-state index in [9.17, 15) is 9.90 Å². The molecule has 1 amide bonds. The molecule has 7 heteroatoms. The number of amides is 1. The van der Waals surface area contributed by atoms with Crippen LogP contribution in [0.25, 0.3) is 0 Å². The summed E-state index contributed by atoms with van der Waals surface area (Å²) in [7, 11) is 0. The Morgan fingerprint density at radius 2 is 2.07 bits per heavy atom. The van der Waals surface area contributed by atoms with Gasteiger partial charge in [-0.05, 0) is 52.7 Å². The maximum Gasteiger partial charge on any atom is 0.257 e. The average Bonchev–Trinajstić information content (AvgIpc) is 3.04. The smallest absolute Gasteiger partial charge is 0.257 e. The van der Waals surface area contributed by atoms with Crippen LogP contribution >= 0.6 is 0 Å². The number of para-hydroxylation sites is 1. The Bertz CT molecular complexity index is 810. The van der Waals surface area contributed by atoms with E-state index in [0.29, 0.717) is 42.4 Å². The van der Waals surface area contributed by atoms with Crippen molar-refractivity contribution in [3.63, 3.8) is 0 Å². The SMILES string of the molecule is CCOc1ccccc1C(=O)N1CCCC(n2nc(C)c(C(C)(C)O)n2)C1. The molecule has 3 rings (SSSR count). The predicted molar refractivity (Wildman–Crippen MR) is 102 cm³/mol. The van der Waals surface area contributed by atoms with Crippen LogP contribution in [0.3, 0.4) is 0 Å². The fraction of sp³-hybridized carbons (Fsp3) is 0.550. The number of aliphatic hydroxyl groups is 1. The van der Waals surface area contributed by atoms with Gasteiger partial charge in [-0.15, -0.1) is 0 Å². The summed E-state index contributed by atoms with van der Waals surface area (Å²) in [6.45, 7) is 8.92. The Balaban J connectivity index is 1.80. The first-order valence-electron chi connectivity index (χ1n) is 9.48. The van der Waals surface area contributed by atoms with Crippen molar-refractivity contribution in [3.05, 3.63) is 41.2 Å². The predicted octanol–water partition coefficient (Wildman–Crippen LogP) is 2.69. The topological polar surface area (TPSA) is 80.5 Å². The largest absolute Gasteiger partial charge is 0.493 e. The summed E-state index contributed by atoms with van der Waals surface area (Å²) >= 11 is 0. The van der Waals surface area contributed by atoms with Gasteiger partial charge in [0.25, 0.3) is 5.91 Å². The van der Waals surface area contributed by atoms with Crippen molar-refractivity contribution in [3.8, 4) is 5.75 Å². The van der Waals surface area contributed by atoms with E-state index in [1.54, 1.807) is 24.7 Å². The fourth-order valence-electron chi connectivity index (χ4n) is 3.55. The molecule has 0 bridgehead atoms. The van der Waals surface area contributed by atoms with Crippen molar-refractivity contribution in [1.29, 1.82) is 0 Å². The number of hydrogen-bond donors (Lipinski definition) is 1. The van der Waals surface area contributed by atoms with E-state index < -0.39 is 5.60 Å². The lowest BCUT2D eigenvalue weighted by Crippen LogP contribution is -2.41. The number of hydrogen-bond acceptors (Lipinski definition) is 5. The van der Waals surface area contributed by atoms with E-state index in [2.05, 4.69) is 10.2 Å². The van der Waals surface area contributed by atoms with Crippen molar-refractivity contribution >= 4 is 5.91 Å². The van der Waals surface area contributed by atoms with Crippen molar-refractivity contribution in [2.24, 2.45) is 0 Å². The lowest BCUT2D eigenvalue weighted by atomic mass is 10.0. The molecule has 1 aromatic heterocycles. The molecule has 7 nitrogen and oxygen atoms in total. The second kappa shape index (κ2) is 7.68. The number of aromatic nitrogens is 3. The lowest BCUT2D eigenvalue weighted by molar-refractivity contribution is 0.0637. The number of likely N-dealkylation sites (tertiary alicyclic amines) is 1. The normalized spacial score (nSPS) is 17.8. The molecule has 1 aliphatic heterocycles. The van der Waals surface area contributed by atoms with E-state index in [1.807, 2.05) is 36.9 Å². The van der Waals surface area contributed by atoms with Crippen LogP contribution in [0.2, 0.25) is 0 Å². The van der Waals surface area contributed by atoms with E-state index in [0.717, 1.165) is 12.8 Å². The third kappa shape index (κ3) is 4.13. The highest BCUT2D eigenvalue weighted by Gasteiger charge is 2.30. The highest BCUT2D eigenvalue weighted by atomic mass is 16.5. The maximum absolute atomic E-state index is 13.1. The second-order valence-electron chi connectivity index (χ2n) is 7.49.